The summed E-state index contributed by atoms with van der Waals surface area (Å²) in [6.45, 7) is 4.57. The zero-order valence-electron chi connectivity index (χ0n) is 17.4. The summed E-state index contributed by atoms with van der Waals surface area (Å²) in [7, 11) is 3.96. The molecule has 2 aromatic carbocycles. The Balaban J connectivity index is 1.44. The van der Waals surface area contributed by atoms with Gasteiger partial charge in [-0.25, -0.2) is 4.39 Å². The van der Waals surface area contributed by atoms with E-state index in [0.717, 1.165) is 62.4 Å². The molecule has 0 aliphatic carbocycles. The molecule has 2 heterocycles. The first-order valence-electron chi connectivity index (χ1n) is 10.5. The lowest BCUT2D eigenvalue weighted by Gasteiger charge is -2.40. The highest BCUT2D eigenvalue weighted by molar-refractivity contribution is 6.00. The fraction of sp³-hybridized carbons (Fsp3) is 0.458. The van der Waals surface area contributed by atoms with Gasteiger partial charge in [-0.05, 0) is 55.6 Å². The molecule has 1 unspecified atom stereocenters. The lowest BCUT2D eigenvalue weighted by Crippen LogP contribution is -2.45. The second-order valence-electron chi connectivity index (χ2n) is 8.83. The van der Waals surface area contributed by atoms with Crippen LogP contribution in [0.1, 0.15) is 35.2 Å². The van der Waals surface area contributed by atoms with Crippen molar-refractivity contribution in [3.63, 3.8) is 0 Å². The molecule has 1 atom stereocenters. The molecule has 1 spiro atoms. The number of hydrogen-bond donors (Lipinski definition) is 0. The first-order valence-corrected chi connectivity index (χ1v) is 10.5. The molecule has 2 aliphatic heterocycles. The minimum absolute atomic E-state index is 0.141. The Morgan fingerprint density at radius 1 is 1.03 bits per heavy atom. The molecule has 0 bridgehead atoms. The predicted molar refractivity (Wildman–Crippen MR) is 115 cm³/mol. The number of anilines is 1. The van der Waals surface area contributed by atoms with Crippen molar-refractivity contribution < 1.29 is 9.18 Å². The summed E-state index contributed by atoms with van der Waals surface area (Å²) >= 11 is 0. The summed E-state index contributed by atoms with van der Waals surface area (Å²) in [5.41, 5.74) is 3.09. The van der Waals surface area contributed by atoms with Crippen LogP contribution in [0.3, 0.4) is 0 Å². The van der Waals surface area contributed by atoms with Gasteiger partial charge < -0.3 is 9.80 Å². The maximum Gasteiger partial charge on any atom is 0.255 e. The number of piperidine rings is 1. The summed E-state index contributed by atoms with van der Waals surface area (Å²) in [4.78, 5) is 19.8. The Labute approximate surface area is 172 Å². The number of benzene rings is 2. The van der Waals surface area contributed by atoms with E-state index < -0.39 is 0 Å². The number of amides is 1. The molecule has 5 heteroatoms. The normalized spacial score (nSPS) is 22.2. The molecule has 29 heavy (non-hydrogen) atoms. The van der Waals surface area contributed by atoms with Gasteiger partial charge in [-0.3, -0.25) is 9.69 Å². The van der Waals surface area contributed by atoms with Gasteiger partial charge in [0.2, 0.25) is 0 Å². The van der Waals surface area contributed by atoms with Gasteiger partial charge in [0, 0.05) is 51.4 Å². The Morgan fingerprint density at radius 3 is 2.55 bits per heavy atom. The quantitative estimate of drug-likeness (QED) is 0.782. The Bertz CT molecular complexity index is 867. The van der Waals surface area contributed by atoms with Gasteiger partial charge in [0.15, 0.2) is 0 Å². The molecule has 0 aromatic heterocycles. The molecule has 2 fully saturated rings. The SMILES string of the molecule is CN(C)c1ccccc1C(=O)N1CCC2(CCCN(Cc3ccc(F)cc3)C2)C1. The minimum Gasteiger partial charge on any atom is -0.377 e. The van der Waals surface area contributed by atoms with Crippen LogP contribution in [0.15, 0.2) is 48.5 Å². The lowest BCUT2D eigenvalue weighted by atomic mass is 9.79. The molecule has 4 nitrogen and oxygen atoms in total. The van der Waals surface area contributed by atoms with Crippen molar-refractivity contribution in [3.8, 4) is 0 Å². The average molecular weight is 396 g/mol. The van der Waals surface area contributed by atoms with Gasteiger partial charge in [-0.2, -0.15) is 0 Å². The summed E-state index contributed by atoms with van der Waals surface area (Å²) < 4.78 is 13.2. The van der Waals surface area contributed by atoms with E-state index in [1.807, 2.05) is 60.3 Å². The fourth-order valence-electron chi connectivity index (χ4n) is 4.95. The highest BCUT2D eigenvalue weighted by atomic mass is 19.1. The van der Waals surface area contributed by atoms with E-state index in [0.29, 0.717) is 0 Å². The van der Waals surface area contributed by atoms with Gasteiger partial charge in [0.05, 0.1) is 5.56 Å². The second kappa shape index (κ2) is 8.15. The zero-order valence-corrected chi connectivity index (χ0v) is 17.4. The molecule has 154 valence electrons. The van der Waals surface area contributed by atoms with Crippen molar-refractivity contribution in [2.45, 2.75) is 25.8 Å². The van der Waals surface area contributed by atoms with Crippen molar-refractivity contribution in [1.82, 2.24) is 9.80 Å². The first-order chi connectivity index (χ1) is 14.0. The topological polar surface area (TPSA) is 26.8 Å². The van der Waals surface area contributed by atoms with Crippen molar-refractivity contribution in [3.05, 3.63) is 65.5 Å². The van der Waals surface area contributed by atoms with E-state index >= 15 is 0 Å². The van der Waals surface area contributed by atoms with Crippen LogP contribution < -0.4 is 4.90 Å². The second-order valence-corrected chi connectivity index (χ2v) is 8.83. The summed E-state index contributed by atoms with van der Waals surface area (Å²) in [6, 6.07) is 14.7. The Kier molecular flexibility index (Phi) is 5.59. The van der Waals surface area contributed by atoms with Crippen LogP contribution in [0, 0.1) is 11.2 Å². The molecule has 0 radical (unpaired) electrons. The number of rotatable bonds is 4. The number of carbonyl (C=O) groups excluding carboxylic acids is 1. The summed E-state index contributed by atoms with van der Waals surface area (Å²) in [5.74, 6) is -0.0475. The standard InChI is InChI=1S/C24H30FN3O/c1-26(2)22-7-4-3-6-21(22)23(29)28-15-13-24(18-28)12-5-14-27(17-24)16-19-8-10-20(25)11-9-19/h3-4,6-11H,5,12-18H2,1-2H3. The van der Waals surface area contributed by atoms with Crippen LogP contribution in [-0.4, -0.2) is 56.0 Å². The lowest BCUT2D eigenvalue weighted by molar-refractivity contribution is 0.0676. The first kappa shape index (κ1) is 19.9. The van der Waals surface area contributed by atoms with Crippen molar-refractivity contribution in [2.75, 3.05) is 45.2 Å². The smallest absolute Gasteiger partial charge is 0.255 e. The fourth-order valence-corrected chi connectivity index (χ4v) is 4.95. The number of nitrogens with zero attached hydrogens (tertiary/aromatic N) is 3. The number of likely N-dealkylation sites (tertiary alicyclic amines) is 2. The third-order valence-corrected chi connectivity index (χ3v) is 6.40. The molecular weight excluding hydrogens is 365 g/mol. The van der Waals surface area contributed by atoms with E-state index in [4.69, 9.17) is 0 Å². The van der Waals surface area contributed by atoms with Gasteiger partial charge in [0.1, 0.15) is 5.82 Å². The van der Waals surface area contributed by atoms with E-state index in [-0.39, 0.29) is 17.1 Å². The van der Waals surface area contributed by atoms with E-state index in [9.17, 15) is 9.18 Å². The van der Waals surface area contributed by atoms with E-state index in [1.165, 1.54) is 18.6 Å². The highest BCUT2D eigenvalue weighted by Gasteiger charge is 2.43. The molecule has 2 aromatic rings. The van der Waals surface area contributed by atoms with Crippen molar-refractivity contribution in [2.24, 2.45) is 5.41 Å². The predicted octanol–water partition coefficient (Wildman–Crippen LogP) is 4.02. The molecule has 2 aliphatic rings. The van der Waals surface area contributed by atoms with Crippen LogP contribution in [0.5, 0.6) is 0 Å². The van der Waals surface area contributed by atoms with Gasteiger partial charge >= 0.3 is 0 Å². The third-order valence-electron chi connectivity index (χ3n) is 6.40. The van der Waals surface area contributed by atoms with Crippen molar-refractivity contribution in [1.29, 1.82) is 0 Å². The third kappa shape index (κ3) is 4.30. The number of halogens is 1. The van der Waals surface area contributed by atoms with Crippen LogP contribution in [-0.2, 0) is 6.54 Å². The van der Waals surface area contributed by atoms with Crippen LogP contribution in [0.2, 0.25) is 0 Å². The maximum absolute atomic E-state index is 13.3. The van der Waals surface area contributed by atoms with Gasteiger partial charge in [-0.1, -0.05) is 24.3 Å². The minimum atomic E-state index is -0.188. The van der Waals surface area contributed by atoms with Gasteiger partial charge in [-0.15, -0.1) is 0 Å². The number of hydrogen-bond acceptors (Lipinski definition) is 3. The number of para-hydroxylation sites is 1. The molecule has 0 N–H and O–H groups in total. The summed E-state index contributed by atoms with van der Waals surface area (Å²) in [6.07, 6.45) is 3.38. The average Bonchev–Trinajstić information content (AvgIpc) is 3.12. The molecule has 2 saturated heterocycles. The van der Waals surface area contributed by atoms with Crippen molar-refractivity contribution >= 4 is 11.6 Å². The van der Waals surface area contributed by atoms with E-state index in [1.54, 1.807) is 0 Å². The Morgan fingerprint density at radius 2 is 1.79 bits per heavy atom. The molecular formula is C24H30FN3O. The molecule has 4 rings (SSSR count). The molecule has 1 amide bonds. The van der Waals surface area contributed by atoms with Crippen LogP contribution in [0.25, 0.3) is 0 Å². The van der Waals surface area contributed by atoms with Crippen LogP contribution in [0.4, 0.5) is 10.1 Å². The van der Waals surface area contributed by atoms with Gasteiger partial charge in [0.25, 0.3) is 5.91 Å². The van der Waals surface area contributed by atoms with Crippen LogP contribution >= 0.6 is 0 Å². The zero-order chi connectivity index (χ0) is 20.4. The maximum atomic E-state index is 13.3. The highest BCUT2D eigenvalue weighted by Crippen LogP contribution is 2.40. The molecule has 0 saturated carbocycles. The largest absolute Gasteiger partial charge is 0.377 e. The Hall–Kier alpha value is -2.40. The van der Waals surface area contributed by atoms with E-state index in [2.05, 4.69) is 4.90 Å². The number of carbonyl (C=O) groups is 1. The monoisotopic (exact) mass is 395 g/mol. The summed E-state index contributed by atoms with van der Waals surface area (Å²) in [5, 5.41) is 0.